The molecule has 1 atom stereocenters. The number of hydrogen-bond acceptors (Lipinski definition) is 4. The predicted octanol–water partition coefficient (Wildman–Crippen LogP) is 2.85. The first kappa shape index (κ1) is 16.7. The van der Waals surface area contributed by atoms with E-state index < -0.39 is 0 Å². The molecule has 2 heterocycles. The summed E-state index contributed by atoms with van der Waals surface area (Å²) in [4.78, 5) is 15.7. The Kier molecular flexibility index (Phi) is 5.11. The second kappa shape index (κ2) is 7.65. The Morgan fingerprint density at radius 2 is 1.88 bits per heavy atom. The van der Waals surface area contributed by atoms with Crippen molar-refractivity contribution in [2.45, 2.75) is 19.3 Å². The first-order chi connectivity index (χ1) is 12.3. The van der Waals surface area contributed by atoms with Gasteiger partial charge >= 0.3 is 0 Å². The van der Waals surface area contributed by atoms with Crippen LogP contribution in [0, 0.1) is 11.8 Å². The first-order valence-corrected chi connectivity index (χ1v) is 9.51. The van der Waals surface area contributed by atoms with Crippen LogP contribution in [0.4, 0.5) is 0 Å². The van der Waals surface area contributed by atoms with Crippen LogP contribution in [-0.4, -0.2) is 43.4 Å². The lowest BCUT2D eigenvalue weighted by Crippen LogP contribution is -2.40. The van der Waals surface area contributed by atoms with E-state index in [4.69, 9.17) is 0 Å². The Morgan fingerprint density at radius 3 is 2.76 bits per heavy atom. The molecule has 2 aromatic rings. The maximum absolute atomic E-state index is 13.2. The number of hydrogen-bond donors (Lipinski definition) is 2. The van der Waals surface area contributed by atoms with Crippen molar-refractivity contribution in [2.24, 2.45) is 11.8 Å². The molecule has 1 unspecified atom stereocenters. The third-order valence-electron chi connectivity index (χ3n) is 5.69. The Labute approximate surface area is 149 Å². The number of likely N-dealkylation sites (tertiary alicyclic amines) is 1. The topological polar surface area (TPSA) is 44.4 Å². The largest absolute Gasteiger partial charge is 0.303 e. The van der Waals surface area contributed by atoms with Gasteiger partial charge in [-0.05, 0) is 49.0 Å². The van der Waals surface area contributed by atoms with Crippen molar-refractivity contribution in [1.29, 1.82) is 0 Å². The van der Waals surface area contributed by atoms with Gasteiger partial charge < -0.3 is 4.90 Å². The highest BCUT2D eigenvalue weighted by Crippen LogP contribution is 2.26. The molecule has 0 aromatic heterocycles. The fourth-order valence-corrected chi connectivity index (χ4v) is 4.21. The number of ketones is 1. The maximum Gasteiger partial charge on any atom is 0.167 e. The molecule has 2 saturated heterocycles. The monoisotopic (exact) mass is 337 g/mol. The van der Waals surface area contributed by atoms with E-state index in [9.17, 15) is 4.79 Å². The van der Waals surface area contributed by atoms with Gasteiger partial charge in [0.2, 0.25) is 0 Å². The van der Waals surface area contributed by atoms with Gasteiger partial charge in [0.15, 0.2) is 5.78 Å². The average Bonchev–Trinajstić information content (AvgIpc) is 3.19. The molecule has 4 nitrogen and oxygen atoms in total. The van der Waals surface area contributed by atoms with Crippen LogP contribution in [0.3, 0.4) is 0 Å². The van der Waals surface area contributed by atoms with Gasteiger partial charge in [-0.3, -0.25) is 15.6 Å². The third kappa shape index (κ3) is 3.76. The van der Waals surface area contributed by atoms with Crippen LogP contribution < -0.4 is 10.9 Å². The summed E-state index contributed by atoms with van der Waals surface area (Å²) in [6.07, 6.45) is 3.35. The lowest BCUT2D eigenvalue weighted by Gasteiger charge is -2.32. The minimum Gasteiger partial charge on any atom is -0.303 e. The van der Waals surface area contributed by atoms with Gasteiger partial charge in [-0.25, -0.2) is 0 Å². The molecular weight excluding hydrogens is 310 g/mol. The van der Waals surface area contributed by atoms with E-state index >= 15 is 0 Å². The number of benzene rings is 2. The molecule has 132 valence electrons. The predicted molar refractivity (Wildman–Crippen MR) is 102 cm³/mol. The van der Waals surface area contributed by atoms with Crippen molar-refractivity contribution in [3.8, 4) is 0 Å². The fourth-order valence-electron chi connectivity index (χ4n) is 4.21. The summed E-state index contributed by atoms with van der Waals surface area (Å²) in [6, 6.07) is 14.3. The molecule has 0 bridgehead atoms. The molecule has 4 rings (SSSR count). The summed E-state index contributed by atoms with van der Waals surface area (Å²) < 4.78 is 0. The summed E-state index contributed by atoms with van der Waals surface area (Å²) in [5, 5.41) is 2.25. The Morgan fingerprint density at radius 1 is 1.08 bits per heavy atom. The number of hydrazine groups is 1. The molecule has 0 spiro atoms. The van der Waals surface area contributed by atoms with E-state index in [1.54, 1.807) is 0 Å². The van der Waals surface area contributed by atoms with E-state index in [-0.39, 0.29) is 5.92 Å². The number of Topliss-reactive ketones (excluding diaryl/α,β-unsaturated/α-hetero) is 1. The third-order valence-corrected chi connectivity index (χ3v) is 5.69. The number of nitrogens with zero attached hydrogens (tertiary/aromatic N) is 1. The van der Waals surface area contributed by atoms with Crippen LogP contribution >= 0.6 is 0 Å². The second-order valence-electron chi connectivity index (χ2n) is 7.45. The van der Waals surface area contributed by atoms with Gasteiger partial charge in [0.1, 0.15) is 0 Å². The zero-order valence-electron chi connectivity index (χ0n) is 14.7. The SMILES string of the molecule is O=C(c1cccc2ccccc12)C1CCCN(CCC2CNNC2)C1. The van der Waals surface area contributed by atoms with Crippen LogP contribution in [0.5, 0.6) is 0 Å². The summed E-state index contributed by atoms with van der Waals surface area (Å²) in [5.74, 6) is 1.18. The molecule has 2 aliphatic rings. The molecule has 2 N–H and O–H groups in total. The molecule has 0 aliphatic carbocycles. The van der Waals surface area contributed by atoms with E-state index in [1.165, 1.54) is 6.42 Å². The van der Waals surface area contributed by atoms with Crippen molar-refractivity contribution in [3.63, 3.8) is 0 Å². The summed E-state index contributed by atoms with van der Waals surface area (Å²) in [6.45, 7) is 5.27. The molecule has 2 aliphatic heterocycles. The molecule has 25 heavy (non-hydrogen) atoms. The highest BCUT2D eigenvalue weighted by molar-refractivity contribution is 6.09. The highest BCUT2D eigenvalue weighted by Gasteiger charge is 2.28. The zero-order valence-corrected chi connectivity index (χ0v) is 14.7. The van der Waals surface area contributed by atoms with Crippen molar-refractivity contribution >= 4 is 16.6 Å². The highest BCUT2D eigenvalue weighted by atomic mass is 16.1. The van der Waals surface area contributed by atoms with E-state index in [1.807, 2.05) is 24.3 Å². The molecule has 0 saturated carbocycles. The second-order valence-corrected chi connectivity index (χ2v) is 7.45. The van der Waals surface area contributed by atoms with Gasteiger partial charge in [0.25, 0.3) is 0 Å². The van der Waals surface area contributed by atoms with Gasteiger partial charge in [0, 0.05) is 31.1 Å². The van der Waals surface area contributed by atoms with E-state index in [2.05, 4.69) is 34.0 Å². The first-order valence-electron chi connectivity index (χ1n) is 9.51. The summed E-state index contributed by atoms with van der Waals surface area (Å²) >= 11 is 0. The van der Waals surface area contributed by atoms with Crippen LogP contribution in [0.15, 0.2) is 42.5 Å². The average molecular weight is 337 g/mol. The lowest BCUT2D eigenvalue weighted by atomic mass is 9.87. The lowest BCUT2D eigenvalue weighted by molar-refractivity contribution is 0.0816. The number of nitrogens with one attached hydrogen (secondary N) is 2. The molecule has 2 fully saturated rings. The Hall–Kier alpha value is -1.75. The molecule has 2 aromatic carbocycles. The van der Waals surface area contributed by atoms with Crippen molar-refractivity contribution in [1.82, 2.24) is 15.8 Å². The van der Waals surface area contributed by atoms with Crippen LogP contribution in [0.1, 0.15) is 29.6 Å². The Bertz CT molecular complexity index is 734. The van der Waals surface area contributed by atoms with Crippen LogP contribution in [0.25, 0.3) is 10.8 Å². The van der Waals surface area contributed by atoms with Gasteiger partial charge in [0.05, 0.1) is 0 Å². The van der Waals surface area contributed by atoms with Gasteiger partial charge in [-0.2, -0.15) is 0 Å². The standard InChI is InChI=1S/C21H27N3O/c25-21(20-9-3-6-17-5-1-2-8-19(17)20)18-7-4-11-24(15-18)12-10-16-13-22-23-14-16/h1-3,5-6,8-9,16,18,22-23H,4,7,10-15H2. The summed E-state index contributed by atoms with van der Waals surface area (Å²) in [7, 11) is 0. The number of carbonyl (C=O) groups excluding carboxylic acids is 1. The molecule has 0 amide bonds. The number of piperidine rings is 1. The van der Waals surface area contributed by atoms with Crippen molar-refractivity contribution in [2.75, 3.05) is 32.7 Å². The number of carbonyl (C=O) groups is 1. The summed E-state index contributed by atoms with van der Waals surface area (Å²) in [5.41, 5.74) is 7.30. The number of fused-ring (bicyclic) bond motifs is 1. The maximum atomic E-state index is 13.2. The molecule has 4 heteroatoms. The quantitative estimate of drug-likeness (QED) is 0.824. The van der Waals surface area contributed by atoms with Crippen molar-refractivity contribution in [3.05, 3.63) is 48.0 Å². The zero-order chi connectivity index (χ0) is 17.1. The minimum atomic E-state index is 0.138. The smallest absolute Gasteiger partial charge is 0.167 e. The van der Waals surface area contributed by atoms with Crippen molar-refractivity contribution < 1.29 is 4.79 Å². The van der Waals surface area contributed by atoms with E-state index in [0.717, 1.165) is 61.9 Å². The Balaban J connectivity index is 1.44. The minimum absolute atomic E-state index is 0.138. The van der Waals surface area contributed by atoms with Gasteiger partial charge in [-0.1, -0.05) is 42.5 Å². The number of rotatable bonds is 5. The van der Waals surface area contributed by atoms with Gasteiger partial charge in [-0.15, -0.1) is 0 Å². The normalized spacial score (nSPS) is 22.5. The van der Waals surface area contributed by atoms with Crippen LogP contribution in [0.2, 0.25) is 0 Å². The van der Waals surface area contributed by atoms with E-state index in [0.29, 0.717) is 11.7 Å². The van der Waals surface area contributed by atoms with Crippen LogP contribution in [-0.2, 0) is 0 Å². The fraction of sp³-hybridized carbons (Fsp3) is 0.476. The molecule has 0 radical (unpaired) electrons. The molecular formula is C21H27N3O.